The Kier molecular flexibility index (Phi) is 3.16. The summed E-state index contributed by atoms with van der Waals surface area (Å²) < 4.78 is 5.66. The van der Waals surface area contributed by atoms with Crippen molar-refractivity contribution in [1.29, 1.82) is 0 Å². The third-order valence-corrected chi connectivity index (χ3v) is 3.49. The van der Waals surface area contributed by atoms with Gasteiger partial charge in [0.05, 0.1) is 5.92 Å². The van der Waals surface area contributed by atoms with Gasteiger partial charge in [0, 0.05) is 5.39 Å². The molecule has 1 heterocycles. The van der Waals surface area contributed by atoms with E-state index in [1.807, 2.05) is 45.9 Å². The molecule has 1 aromatic heterocycles. The normalized spacial score (nSPS) is 13.2. The van der Waals surface area contributed by atoms with E-state index in [-0.39, 0.29) is 5.92 Å². The van der Waals surface area contributed by atoms with Crippen LogP contribution in [0.25, 0.3) is 11.0 Å². The van der Waals surface area contributed by atoms with Crippen molar-refractivity contribution in [3.63, 3.8) is 0 Å². The lowest BCUT2D eigenvalue weighted by molar-refractivity contribution is -0.139. The number of benzene rings is 1. The van der Waals surface area contributed by atoms with E-state index < -0.39 is 11.9 Å². The summed E-state index contributed by atoms with van der Waals surface area (Å²) >= 11 is 0. The molecular weight excluding hydrogens is 228 g/mol. The maximum Gasteiger partial charge on any atom is 0.311 e. The van der Waals surface area contributed by atoms with Crippen LogP contribution in [0.2, 0.25) is 0 Å². The number of hydrogen-bond donors (Lipinski definition) is 1. The topological polar surface area (TPSA) is 50.4 Å². The van der Waals surface area contributed by atoms with Crippen LogP contribution >= 0.6 is 0 Å². The van der Waals surface area contributed by atoms with E-state index >= 15 is 0 Å². The first-order chi connectivity index (χ1) is 8.41. The molecule has 0 amide bonds. The number of furan rings is 1. The first-order valence-electron chi connectivity index (χ1n) is 6.14. The summed E-state index contributed by atoms with van der Waals surface area (Å²) in [5, 5.41) is 10.4. The predicted octanol–water partition coefficient (Wildman–Crippen LogP) is 3.87. The van der Waals surface area contributed by atoms with Gasteiger partial charge in [0.2, 0.25) is 0 Å². The second-order valence-corrected chi connectivity index (χ2v) is 5.10. The minimum Gasteiger partial charge on any atom is -0.481 e. The molecule has 2 rings (SSSR count). The summed E-state index contributed by atoms with van der Waals surface area (Å²) in [6, 6.07) is 5.70. The van der Waals surface area contributed by atoms with E-state index in [4.69, 9.17) is 4.42 Å². The molecule has 1 unspecified atom stereocenters. The molecule has 0 bridgehead atoms. The van der Waals surface area contributed by atoms with Crippen LogP contribution in [-0.4, -0.2) is 11.1 Å². The number of aliphatic carboxylic acids is 1. The minimum atomic E-state index is -0.788. The number of carboxylic acid groups (broad SMARTS) is 1. The third kappa shape index (κ3) is 2.01. The number of hydrogen-bond acceptors (Lipinski definition) is 2. The van der Waals surface area contributed by atoms with Crippen molar-refractivity contribution >= 4 is 16.9 Å². The van der Waals surface area contributed by atoms with Gasteiger partial charge < -0.3 is 9.52 Å². The maximum atomic E-state index is 11.3. The molecule has 0 aliphatic carbocycles. The van der Waals surface area contributed by atoms with Crippen molar-refractivity contribution in [3.05, 3.63) is 35.1 Å². The van der Waals surface area contributed by atoms with Crippen molar-refractivity contribution < 1.29 is 14.3 Å². The molecule has 2 aromatic rings. The highest BCUT2D eigenvalue weighted by Crippen LogP contribution is 2.31. The largest absolute Gasteiger partial charge is 0.481 e. The predicted molar refractivity (Wildman–Crippen MR) is 70.9 cm³/mol. The van der Waals surface area contributed by atoms with Gasteiger partial charge in [-0.05, 0) is 37.0 Å². The van der Waals surface area contributed by atoms with E-state index in [0.717, 1.165) is 27.9 Å². The first kappa shape index (κ1) is 12.7. The molecule has 18 heavy (non-hydrogen) atoms. The van der Waals surface area contributed by atoms with Crippen LogP contribution in [0, 0.1) is 19.8 Å². The van der Waals surface area contributed by atoms with Gasteiger partial charge in [-0.2, -0.15) is 0 Å². The Morgan fingerprint density at radius 2 is 1.94 bits per heavy atom. The van der Waals surface area contributed by atoms with Gasteiger partial charge in [0.25, 0.3) is 0 Å². The fourth-order valence-electron chi connectivity index (χ4n) is 2.37. The van der Waals surface area contributed by atoms with Crippen LogP contribution in [0.3, 0.4) is 0 Å². The molecule has 0 saturated heterocycles. The zero-order chi connectivity index (χ0) is 13.4. The lowest BCUT2D eigenvalue weighted by atomic mass is 9.88. The molecule has 3 heteroatoms. The highest BCUT2D eigenvalue weighted by Gasteiger charge is 2.24. The molecule has 1 atom stereocenters. The molecule has 0 spiro atoms. The average Bonchev–Trinajstić information content (AvgIpc) is 2.53. The van der Waals surface area contributed by atoms with Crippen LogP contribution < -0.4 is 0 Å². The summed E-state index contributed by atoms with van der Waals surface area (Å²) in [4.78, 5) is 11.3. The summed E-state index contributed by atoms with van der Waals surface area (Å²) in [6.45, 7) is 7.77. The Hall–Kier alpha value is -1.77. The Balaban J connectivity index is 2.55. The molecule has 3 nitrogen and oxygen atoms in total. The molecular formula is C15H18O3. The van der Waals surface area contributed by atoms with Crippen molar-refractivity contribution in [2.45, 2.75) is 33.6 Å². The van der Waals surface area contributed by atoms with E-state index in [9.17, 15) is 9.90 Å². The lowest BCUT2D eigenvalue weighted by Crippen LogP contribution is -2.17. The van der Waals surface area contributed by atoms with Crippen LogP contribution in [0.15, 0.2) is 22.6 Å². The SMILES string of the molecule is Cc1oc2cc(C(C(=O)O)C(C)C)ccc2c1C. The van der Waals surface area contributed by atoms with Gasteiger partial charge in [0.1, 0.15) is 11.3 Å². The van der Waals surface area contributed by atoms with E-state index in [0.29, 0.717) is 0 Å². The van der Waals surface area contributed by atoms with Gasteiger partial charge >= 0.3 is 5.97 Å². The number of carbonyl (C=O) groups is 1. The number of fused-ring (bicyclic) bond motifs is 1. The third-order valence-electron chi connectivity index (χ3n) is 3.49. The fourth-order valence-corrected chi connectivity index (χ4v) is 2.37. The van der Waals surface area contributed by atoms with E-state index in [1.165, 1.54) is 0 Å². The van der Waals surface area contributed by atoms with Gasteiger partial charge in [-0.3, -0.25) is 4.79 Å². The highest BCUT2D eigenvalue weighted by molar-refractivity contribution is 5.85. The zero-order valence-electron chi connectivity index (χ0n) is 11.2. The molecule has 0 radical (unpaired) electrons. The van der Waals surface area contributed by atoms with Crippen LogP contribution in [0.1, 0.15) is 36.7 Å². The number of carboxylic acids is 1. The molecule has 1 N–H and O–H groups in total. The summed E-state index contributed by atoms with van der Waals surface area (Å²) in [5.74, 6) is -0.333. The van der Waals surface area contributed by atoms with Crippen LogP contribution in [0.5, 0.6) is 0 Å². The molecule has 0 aliphatic heterocycles. The number of aryl methyl sites for hydroxylation is 2. The van der Waals surface area contributed by atoms with Crippen molar-refractivity contribution in [2.75, 3.05) is 0 Å². The Labute approximate surface area is 106 Å². The molecule has 0 fully saturated rings. The summed E-state index contributed by atoms with van der Waals surface area (Å²) in [5.41, 5.74) is 2.70. The standard InChI is InChI=1S/C15H18O3/c1-8(2)14(15(16)17)11-5-6-12-9(3)10(4)18-13(12)7-11/h5-8,14H,1-4H3,(H,16,17). The Morgan fingerprint density at radius 1 is 1.28 bits per heavy atom. The quantitative estimate of drug-likeness (QED) is 0.894. The molecule has 0 saturated carbocycles. The Morgan fingerprint density at radius 3 is 2.50 bits per heavy atom. The van der Waals surface area contributed by atoms with Gasteiger partial charge in [-0.25, -0.2) is 0 Å². The van der Waals surface area contributed by atoms with Gasteiger partial charge in [0.15, 0.2) is 0 Å². The fraction of sp³-hybridized carbons (Fsp3) is 0.400. The van der Waals surface area contributed by atoms with Crippen molar-refractivity contribution in [3.8, 4) is 0 Å². The lowest BCUT2D eigenvalue weighted by Gasteiger charge is -2.16. The van der Waals surface area contributed by atoms with E-state index in [1.54, 1.807) is 0 Å². The average molecular weight is 246 g/mol. The summed E-state index contributed by atoms with van der Waals surface area (Å²) in [7, 11) is 0. The van der Waals surface area contributed by atoms with E-state index in [2.05, 4.69) is 0 Å². The van der Waals surface area contributed by atoms with Crippen molar-refractivity contribution in [2.24, 2.45) is 5.92 Å². The second-order valence-electron chi connectivity index (χ2n) is 5.10. The van der Waals surface area contributed by atoms with Gasteiger partial charge in [-0.15, -0.1) is 0 Å². The molecule has 0 aliphatic rings. The minimum absolute atomic E-state index is 0.0529. The summed E-state index contributed by atoms with van der Waals surface area (Å²) in [6.07, 6.45) is 0. The van der Waals surface area contributed by atoms with Crippen LogP contribution in [0.4, 0.5) is 0 Å². The zero-order valence-corrected chi connectivity index (χ0v) is 11.2. The molecule has 1 aromatic carbocycles. The maximum absolute atomic E-state index is 11.3. The van der Waals surface area contributed by atoms with Gasteiger partial charge in [-0.1, -0.05) is 26.0 Å². The number of rotatable bonds is 3. The Bertz CT molecular complexity index is 593. The monoisotopic (exact) mass is 246 g/mol. The van der Waals surface area contributed by atoms with Crippen molar-refractivity contribution in [1.82, 2.24) is 0 Å². The smallest absolute Gasteiger partial charge is 0.311 e. The first-order valence-corrected chi connectivity index (χ1v) is 6.14. The second kappa shape index (κ2) is 4.48. The molecule has 96 valence electrons. The van der Waals surface area contributed by atoms with Crippen LogP contribution in [-0.2, 0) is 4.79 Å². The highest BCUT2D eigenvalue weighted by atomic mass is 16.4.